The number of phenolic OH excluding ortho intramolecular Hbond substituents is 9. The van der Waals surface area contributed by atoms with Crippen LogP contribution in [-0.2, 0) is 0 Å². The second kappa shape index (κ2) is 16.2. The number of benzene rings is 8. The molecule has 0 saturated carbocycles. The lowest BCUT2D eigenvalue weighted by molar-refractivity contribution is 0.219. The lowest BCUT2D eigenvalue weighted by Crippen LogP contribution is -2.18. The fourth-order valence-corrected chi connectivity index (χ4v) is 10.2. The zero-order valence-electron chi connectivity index (χ0n) is 35.8. The molecule has 11 rings (SSSR count). The Hall–Kier alpha value is -8.90. The molecule has 0 aliphatic carbocycles. The van der Waals surface area contributed by atoms with Gasteiger partial charge in [-0.05, 0) is 123 Å². The Morgan fingerprint density at radius 3 is 1.10 bits per heavy atom. The van der Waals surface area contributed by atoms with Crippen molar-refractivity contribution in [1.29, 1.82) is 0 Å². The summed E-state index contributed by atoms with van der Waals surface area (Å²) in [6.45, 7) is 0. The van der Waals surface area contributed by atoms with Gasteiger partial charge in [0.25, 0.3) is 0 Å². The van der Waals surface area contributed by atoms with Gasteiger partial charge in [0, 0.05) is 41.0 Å². The molecule has 338 valence electrons. The molecular weight excluding hydrogens is 865 g/mol. The van der Waals surface area contributed by atoms with E-state index < -0.39 is 36.1 Å². The van der Waals surface area contributed by atoms with E-state index in [-0.39, 0.29) is 51.7 Å². The van der Waals surface area contributed by atoms with Crippen LogP contribution in [0.1, 0.15) is 97.3 Å². The maximum absolute atomic E-state index is 11.8. The van der Waals surface area contributed by atoms with Crippen molar-refractivity contribution in [2.24, 2.45) is 0 Å². The number of hydrogen-bond acceptors (Lipinski definition) is 12. The second-order valence-electron chi connectivity index (χ2n) is 17.4. The van der Waals surface area contributed by atoms with Crippen molar-refractivity contribution in [1.82, 2.24) is 0 Å². The summed E-state index contributed by atoms with van der Waals surface area (Å²) in [4.78, 5) is 0. The molecule has 0 saturated heterocycles. The molecule has 12 heteroatoms. The van der Waals surface area contributed by atoms with Crippen LogP contribution in [0, 0.1) is 0 Å². The predicted octanol–water partition coefficient (Wildman–Crippen LogP) is 11.0. The smallest absolute Gasteiger partial charge is 0.135 e. The van der Waals surface area contributed by atoms with Crippen LogP contribution in [0.25, 0.3) is 12.2 Å². The molecule has 12 nitrogen and oxygen atoms in total. The van der Waals surface area contributed by atoms with Crippen molar-refractivity contribution in [2.45, 2.75) is 36.1 Å². The number of rotatable bonds is 8. The molecular formula is C56H42O12. The Kier molecular flexibility index (Phi) is 9.96. The van der Waals surface area contributed by atoms with Crippen molar-refractivity contribution in [3.8, 4) is 69.0 Å². The zero-order chi connectivity index (χ0) is 47.0. The van der Waals surface area contributed by atoms with E-state index in [1.165, 1.54) is 36.4 Å². The Balaban J connectivity index is 1.18. The fraction of sp³-hybridized carbons (Fsp3) is 0.107. The Morgan fingerprint density at radius 2 is 0.647 bits per heavy atom. The minimum absolute atomic E-state index is 0.0267. The first-order chi connectivity index (χ1) is 32.8. The number of phenols is 9. The predicted molar refractivity (Wildman–Crippen MR) is 251 cm³/mol. The summed E-state index contributed by atoms with van der Waals surface area (Å²) in [5.74, 6) is -1.73. The van der Waals surface area contributed by atoms with Gasteiger partial charge in [-0.25, -0.2) is 0 Å². The normalized spacial score (nSPS) is 20.0. The van der Waals surface area contributed by atoms with Crippen molar-refractivity contribution in [3.05, 3.63) is 213 Å². The van der Waals surface area contributed by atoms with Gasteiger partial charge in [0.2, 0.25) is 0 Å². The molecule has 0 aromatic heterocycles. The van der Waals surface area contributed by atoms with Crippen molar-refractivity contribution >= 4 is 12.2 Å². The first kappa shape index (κ1) is 41.8. The molecule has 3 aliphatic rings. The van der Waals surface area contributed by atoms with E-state index in [1.807, 2.05) is 12.2 Å². The molecule has 8 aromatic carbocycles. The SMILES string of the molecule is Oc1ccc(/C=C/c2cc(O)cc3c2[C@@H](c2cc(O)cc4c2[C@@H](c2cc(O)cc5c2[C@@H](c2cc(O)cc(O)c2)[C@H](c2ccc(O)cc2)O5)[C@H](c2ccc(O)cc2)O4)[C@H](c2ccc(O)cc2)O3)cc1. The third-order valence-corrected chi connectivity index (χ3v) is 13.0. The highest BCUT2D eigenvalue weighted by Crippen LogP contribution is 2.63. The van der Waals surface area contributed by atoms with Gasteiger partial charge in [-0.1, -0.05) is 60.7 Å². The molecule has 6 atom stereocenters. The minimum Gasteiger partial charge on any atom is -0.508 e. The fourth-order valence-electron chi connectivity index (χ4n) is 10.2. The van der Waals surface area contributed by atoms with Gasteiger partial charge in [-0.15, -0.1) is 0 Å². The summed E-state index contributed by atoms with van der Waals surface area (Å²) in [5, 5.41) is 97.7. The maximum atomic E-state index is 11.8. The number of ether oxygens (including phenoxy) is 3. The summed E-state index contributed by atoms with van der Waals surface area (Å²) in [6.07, 6.45) is 1.25. The summed E-state index contributed by atoms with van der Waals surface area (Å²) in [5.41, 5.74) is 6.86. The van der Waals surface area contributed by atoms with Gasteiger partial charge in [-0.2, -0.15) is 0 Å². The maximum Gasteiger partial charge on any atom is 0.135 e. The minimum atomic E-state index is -0.856. The lowest BCUT2D eigenvalue weighted by Gasteiger charge is -2.28. The lowest BCUT2D eigenvalue weighted by atomic mass is 9.73. The Labute approximate surface area is 389 Å². The topological polar surface area (TPSA) is 210 Å². The molecule has 0 spiro atoms. The third kappa shape index (κ3) is 7.37. The van der Waals surface area contributed by atoms with E-state index in [0.29, 0.717) is 72.9 Å². The molecule has 9 N–H and O–H groups in total. The van der Waals surface area contributed by atoms with Gasteiger partial charge in [0.15, 0.2) is 0 Å². The van der Waals surface area contributed by atoms with Crippen LogP contribution < -0.4 is 14.2 Å². The number of aromatic hydroxyl groups is 9. The van der Waals surface area contributed by atoms with Gasteiger partial charge in [-0.3, -0.25) is 0 Å². The van der Waals surface area contributed by atoms with E-state index in [4.69, 9.17) is 14.2 Å². The summed E-state index contributed by atoms with van der Waals surface area (Å²) in [7, 11) is 0. The van der Waals surface area contributed by atoms with Gasteiger partial charge < -0.3 is 60.2 Å². The van der Waals surface area contributed by atoms with Gasteiger partial charge in [0.05, 0.1) is 17.8 Å². The third-order valence-electron chi connectivity index (χ3n) is 13.0. The Bertz CT molecular complexity index is 3250. The molecule has 3 heterocycles. The Morgan fingerprint density at radius 1 is 0.294 bits per heavy atom. The molecule has 0 unspecified atom stereocenters. The van der Waals surface area contributed by atoms with Gasteiger partial charge in [0.1, 0.15) is 87.3 Å². The van der Waals surface area contributed by atoms with Crippen molar-refractivity contribution < 1.29 is 60.2 Å². The standard InChI is InChI=1S/C56H42O12/c57-34-11-2-28(3-12-34)1-4-32-19-40(63)25-45-48(32)52(55(66-45)30-7-15-36(59)16-8-30)44-24-42(65)27-47-51(44)53(56(68-47)31-9-17-37(60)18-10-31)43-23-41(64)26-46-50(43)49(33-20-38(61)22-39(62)21-33)54(67-46)29-5-13-35(58)14-6-29/h1-27,49,52-65H/b4-1+/t49-,52-,53-,54+,55+,56+/m1/s1. The van der Waals surface area contributed by atoms with E-state index in [9.17, 15) is 46.0 Å². The largest absolute Gasteiger partial charge is 0.508 e. The highest BCUT2D eigenvalue weighted by atomic mass is 16.5. The molecule has 8 aromatic rings. The first-order valence-corrected chi connectivity index (χ1v) is 21.8. The molecule has 68 heavy (non-hydrogen) atoms. The first-order valence-electron chi connectivity index (χ1n) is 21.8. The summed E-state index contributed by atoms with van der Waals surface area (Å²) < 4.78 is 20.6. The van der Waals surface area contributed by atoms with Crippen LogP contribution in [-0.4, -0.2) is 46.0 Å². The highest BCUT2D eigenvalue weighted by Gasteiger charge is 2.49. The second-order valence-corrected chi connectivity index (χ2v) is 17.4. The van der Waals surface area contributed by atoms with Gasteiger partial charge >= 0.3 is 0 Å². The quantitative estimate of drug-likeness (QED) is 0.0652. The molecule has 0 radical (unpaired) electrons. The van der Waals surface area contributed by atoms with Crippen LogP contribution in [0.15, 0.2) is 152 Å². The average molecular weight is 907 g/mol. The van der Waals surface area contributed by atoms with E-state index >= 15 is 0 Å². The number of hydrogen-bond donors (Lipinski definition) is 9. The molecule has 0 fully saturated rings. The van der Waals surface area contributed by atoms with Crippen molar-refractivity contribution in [3.63, 3.8) is 0 Å². The van der Waals surface area contributed by atoms with Crippen LogP contribution in [0.3, 0.4) is 0 Å². The highest BCUT2D eigenvalue weighted by molar-refractivity contribution is 5.76. The van der Waals surface area contributed by atoms with Crippen molar-refractivity contribution in [2.75, 3.05) is 0 Å². The van der Waals surface area contributed by atoms with Crippen LogP contribution >= 0.6 is 0 Å². The van der Waals surface area contributed by atoms with Crippen LogP contribution in [0.5, 0.6) is 69.0 Å². The molecule has 0 amide bonds. The monoisotopic (exact) mass is 906 g/mol. The average Bonchev–Trinajstić information content (AvgIpc) is 4.01. The molecule has 0 bridgehead atoms. The summed E-state index contributed by atoms with van der Waals surface area (Å²) >= 11 is 0. The van der Waals surface area contributed by atoms with E-state index in [2.05, 4.69) is 0 Å². The zero-order valence-corrected chi connectivity index (χ0v) is 35.8. The van der Waals surface area contributed by atoms with Crippen LogP contribution in [0.2, 0.25) is 0 Å². The van der Waals surface area contributed by atoms with E-state index in [1.54, 1.807) is 115 Å². The number of fused-ring (bicyclic) bond motifs is 3. The van der Waals surface area contributed by atoms with E-state index in [0.717, 1.165) is 5.56 Å². The van der Waals surface area contributed by atoms with Crippen LogP contribution in [0.4, 0.5) is 0 Å². The summed E-state index contributed by atoms with van der Waals surface area (Å²) in [6, 6.07) is 40.2. The molecule has 3 aliphatic heterocycles.